The van der Waals surface area contributed by atoms with Crippen molar-refractivity contribution in [3.05, 3.63) is 0 Å². The first-order chi connectivity index (χ1) is 6.52. The van der Waals surface area contributed by atoms with Crippen LogP contribution in [0.5, 0.6) is 0 Å². The first-order valence-electron chi connectivity index (χ1n) is 4.88. The van der Waals surface area contributed by atoms with Gasteiger partial charge in [0, 0.05) is 19.8 Å². The van der Waals surface area contributed by atoms with Crippen molar-refractivity contribution in [3.8, 4) is 0 Å². The lowest BCUT2D eigenvalue weighted by Gasteiger charge is -2.09. The molecule has 4 nitrogen and oxygen atoms in total. The first-order valence-corrected chi connectivity index (χ1v) is 6.70. The predicted octanol–water partition coefficient (Wildman–Crippen LogP) is 0.436. The van der Waals surface area contributed by atoms with Crippen LogP contribution in [0, 0.1) is 0 Å². The van der Waals surface area contributed by atoms with E-state index in [1.54, 1.807) is 7.11 Å². The third-order valence-corrected chi connectivity index (χ3v) is 3.93. The fourth-order valence-electron chi connectivity index (χ4n) is 1.03. The van der Waals surface area contributed by atoms with Crippen LogP contribution in [0.25, 0.3) is 0 Å². The number of nitrogens with one attached hydrogen (secondary N) is 1. The predicted molar refractivity (Wildman–Crippen MR) is 58.3 cm³/mol. The summed E-state index contributed by atoms with van der Waals surface area (Å²) in [4.78, 5) is 0. The lowest BCUT2D eigenvalue weighted by molar-refractivity contribution is 0.199. The summed E-state index contributed by atoms with van der Waals surface area (Å²) in [5.74, 6) is 0.496. The molecule has 0 fully saturated rings. The topological polar surface area (TPSA) is 55.4 Å². The smallest absolute Gasteiger partial charge is 0.150 e. The second-order valence-corrected chi connectivity index (χ2v) is 5.78. The van der Waals surface area contributed by atoms with Gasteiger partial charge in [0.2, 0.25) is 0 Å². The van der Waals surface area contributed by atoms with Gasteiger partial charge in [-0.25, -0.2) is 8.42 Å². The van der Waals surface area contributed by atoms with E-state index in [1.807, 2.05) is 14.0 Å². The molecule has 0 aliphatic carbocycles. The van der Waals surface area contributed by atoms with E-state index in [0.29, 0.717) is 19.4 Å². The van der Waals surface area contributed by atoms with Gasteiger partial charge in [-0.1, -0.05) is 0 Å². The van der Waals surface area contributed by atoms with E-state index >= 15 is 0 Å². The van der Waals surface area contributed by atoms with Crippen molar-refractivity contribution in [1.29, 1.82) is 0 Å². The van der Waals surface area contributed by atoms with E-state index in [1.165, 1.54) is 0 Å². The van der Waals surface area contributed by atoms with Gasteiger partial charge in [-0.15, -0.1) is 0 Å². The molecule has 0 heterocycles. The van der Waals surface area contributed by atoms with Crippen molar-refractivity contribution in [3.63, 3.8) is 0 Å². The van der Waals surface area contributed by atoms with Crippen LogP contribution in [0.1, 0.15) is 19.8 Å². The van der Waals surface area contributed by atoms with Crippen LogP contribution in [-0.4, -0.2) is 46.7 Å². The Hall–Kier alpha value is -0.130. The van der Waals surface area contributed by atoms with Gasteiger partial charge < -0.3 is 10.1 Å². The van der Waals surface area contributed by atoms with Gasteiger partial charge in [-0.2, -0.15) is 0 Å². The fraction of sp³-hybridized carbons (Fsp3) is 1.00. The highest BCUT2D eigenvalue weighted by Gasteiger charge is 2.11. The maximum absolute atomic E-state index is 11.4. The molecule has 0 aromatic rings. The summed E-state index contributed by atoms with van der Waals surface area (Å²) in [5, 5.41) is 3.02. The number of hydrogen-bond acceptors (Lipinski definition) is 4. The van der Waals surface area contributed by atoms with E-state index in [9.17, 15) is 8.42 Å². The van der Waals surface area contributed by atoms with Crippen molar-refractivity contribution in [2.75, 3.05) is 32.3 Å². The summed E-state index contributed by atoms with van der Waals surface area (Å²) in [5.41, 5.74) is 0. The lowest BCUT2D eigenvalue weighted by Crippen LogP contribution is -2.25. The Bertz CT molecular complexity index is 226. The largest absolute Gasteiger partial charge is 0.385 e. The van der Waals surface area contributed by atoms with E-state index in [0.717, 1.165) is 0 Å². The average molecular weight is 223 g/mol. The molecule has 0 spiro atoms. The lowest BCUT2D eigenvalue weighted by atomic mass is 10.3. The molecule has 0 rings (SSSR count). The highest BCUT2D eigenvalue weighted by Crippen LogP contribution is 2.00. The molecular weight excluding hydrogens is 202 g/mol. The van der Waals surface area contributed by atoms with Crippen LogP contribution in [0.4, 0.5) is 0 Å². The Balaban J connectivity index is 3.73. The van der Waals surface area contributed by atoms with Crippen molar-refractivity contribution >= 4 is 9.84 Å². The Morgan fingerprint density at radius 1 is 1.36 bits per heavy atom. The zero-order valence-corrected chi connectivity index (χ0v) is 10.1. The molecule has 14 heavy (non-hydrogen) atoms. The van der Waals surface area contributed by atoms with E-state index in [2.05, 4.69) is 5.32 Å². The monoisotopic (exact) mass is 223 g/mol. The summed E-state index contributed by atoms with van der Waals surface area (Å²) < 4.78 is 27.7. The minimum absolute atomic E-state index is 0.233. The van der Waals surface area contributed by atoms with Gasteiger partial charge >= 0.3 is 0 Å². The van der Waals surface area contributed by atoms with Crippen molar-refractivity contribution in [2.24, 2.45) is 0 Å². The maximum Gasteiger partial charge on any atom is 0.150 e. The molecule has 1 N–H and O–H groups in total. The maximum atomic E-state index is 11.4. The van der Waals surface area contributed by atoms with Crippen LogP contribution < -0.4 is 5.32 Å². The molecule has 5 heteroatoms. The van der Waals surface area contributed by atoms with Gasteiger partial charge in [0.25, 0.3) is 0 Å². The van der Waals surface area contributed by atoms with Crippen molar-refractivity contribution in [2.45, 2.75) is 25.8 Å². The zero-order chi connectivity index (χ0) is 11.0. The standard InChI is InChI=1S/C9H21NO3S/c1-9(10-2)5-8-14(11,12)7-4-6-13-3/h9-10H,4-8H2,1-3H3. The first kappa shape index (κ1) is 13.9. The second-order valence-electron chi connectivity index (χ2n) is 3.48. The van der Waals surface area contributed by atoms with Gasteiger partial charge in [-0.05, 0) is 26.8 Å². The third kappa shape index (κ3) is 7.29. The summed E-state index contributed by atoms with van der Waals surface area (Å²) in [6, 6.07) is 0.257. The Morgan fingerprint density at radius 2 is 2.00 bits per heavy atom. The van der Waals surface area contributed by atoms with Gasteiger partial charge in [0.05, 0.1) is 11.5 Å². The molecule has 0 aromatic carbocycles. The highest BCUT2D eigenvalue weighted by atomic mass is 32.2. The second kappa shape index (κ2) is 7.20. The minimum atomic E-state index is -2.88. The third-order valence-electron chi connectivity index (χ3n) is 2.16. The van der Waals surface area contributed by atoms with Gasteiger partial charge in [0.15, 0.2) is 0 Å². The van der Waals surface area contributed by atoms with E-state index in [4.69, 9.17) is 4.74 Å². The molecule has 0 aliphatic rings. The van der Waals surface area contributed by atoms with E-state index in [-0.39, 0.29) is 17.5 Å². The van der Waals surface area contributed by atoms with Gasteiger partial charge in [0.1, 0.15) is 9.84 Å². The molecule has 0 saturated heterocycles. The van der Waals surface area contributed by atoms with Crippen LogP contribution in [0.2, 0.25) is 0 Å². The van der Waals surface area contributed by atoms with Crippen LogP contribution >= 0.6 is 0 Å². The summed E-state index contributed by atoms with van der Waals surface area (Å²) in [6.45, 7) is 2.49. The molecule has 0 aliphatic heterocycles. The molecule has 0 saturated carbocycles. The number of hydrogen-bond donors (Lipinski definition) is 1. The molecule has 0 aromatic heterocycles. The molecule has 1 atom stereocenters. The van der Waals surface area contributed by atoms with Crippen LogP contribution in [0.15, 0.2) is 0 Å². The van der Waals surface area contributed by atoms with Crippen molar-refractivity contribution in [1.82, 2.24) is 5.32 Å². The van der Waals surface area contributed by atoms with Crippen molar-refractivity contribution < 1.29 is 13.2 Å². The number of rotatable bonds is 8. The van der Waals surface area contributed by atoms with Crippen LogP contribution in [0.3, 0.4) is 0 Å². The summed E-state index contributed by atoms with van der Waals surface area (Å²) in [6.07, 6.45) is 1.26. The summed E-state index contributed by atoms with van der Waals surface area (Å²) >= 11 is 0. The molecular formula is C9H21NO3S. The Labute approximate surface area is 86.9 Å². The quantitative estimate of drug-likeness (QED) is 0.607. The average Bonchev–Trinajstić information content (AvgIpc) is 2.14. The minimum Gasteiger partial charge on any atom is -0.385 e. The molecule has 86 valence electrons. The van der Waals surface area contributed by atoms with Gasteiger partial charge in [-0.3, -0.25) is 0 Å². The SMILES string of the molecule is CNC(C)CCS(=O)(=O)CCCOC. The molecule has 1 unspecified atom stereocenters. The number of methoxy groups -OCH3 is 1. The highest BCUT2D eigenvalue weighted by molar-refractivity contribution is 7.91. The van der Waals surface area contributed by atoms with Crippen LogP contribution in [-0.2, 0) is 14.6 Å². The Kier molecular flexibility index (Phi) is 7.13. The summed E-state index contributed by atoms with van der Waals surface area (Å²) in [7, 11) is 0.536. The number of sulfone groups is 1. The number of ether oxygens (including phenoxy) is 1. The normalized spacial score (nSPS) is 14.2. The van der Waals surface area contributed by atoms with E-state index < -0.39 is 9.84 Å². The Morgan fingerprint density at radius 3 is 2.50 bits per heavy atom. The molecule has 0 radical (unpaired) electrons. The zero-order valence-electron chi connectivity index (χ0n) is 9.25. The molecule has 0 amide bonds. The fourth-order valence-corrected chi connectivity index (χ4v) is 2.50. The molecule has 0 bridgehead atoms.